The second-order valence-electron chi connectivity index (χ2n) is 7.49. The molecule has 2 aromatic carbocycles. The summed E-state index contributed by atoms with van der Waals surface area (Å²) in [6.07, 6.45) is 0.535. The summed E-state index contributed by atoms with van der Waals surface area (Å²) in [5, 5.41) is 10.9. The third kappa shape index (κ3) is 5.89. The summed E-state index contributed by atoms with van der Waals surface area (Å²) in [5.74, 6) is -0.103. The lowest BCUT2D eigenvalue weighted by atomic mass is 10.2. The second kappa shape index (κ2) is 10.5. The van der Waals surface area contributed by atoms with Crippen LogP contribution in [-0.4, -0.2) is 58.8 Å². The van der Waals surface area contributed by atoms with Crippen LogP contribution < -0.4 is 10.2 Å². The zero-order valence-corrected chi connectivity index (χ0v) is 19.0. The summed E-state index contributed by atoms with van der Waals surface area (Å²) < 4.78 is 18.8. The molecule has 0 saturated carbocycles. The molecule has 10 heteroatoms. The van der Waals surface area contributed by atoms with Crippen molar-refractivity contribution in [3.8, 4) is 11.5 Å². The van der Waals surface area contributed by atoms with Gasteiger partial charge in [-0.15, -0.1) is 10.2 Å². The van der Waals surface area contributed by atoms with Crippen molar-refractivity contribution in [1.82, 2.24) is 15.1 Å². The summed E-state index contributed by atoms with van der Waals surface area (Å²) in [5.41, 5.74) is 2.23. The van der Waals surface area contributed by atoms with Gasteiger partial charge in [-0.3, -0.25) is 9.59 Å². The summed E-state index contributed by atoms with van der Waals surface area (Å²) in [4.78, 5) is 28.2. The van der Waals surface area contributed by atoms with Crippen LogP contribution in [0.15, 0.2) is 58.2 Å². The van der Waals surface area contributed by atoms with E-state index >= 15 is 0 Å². The van der Waals surface area contributed by atoms with Crippen molar-refractivity contribution in [3.05, 3.63) is 54.3 Å². The summed E-state index contributed by atoms with van der Waals surface area (Å²) in [6, 6.07) is 13.5. The van der Waals surface area contributed by atoms with Crippen molar-refractivity contribution in [2.45, 2.75) is 18.6 Å². The minimum Gasteiger partial charge on any atom is -0.411 e. The third-order valence-corrected chi connectivity index (χ3v) is 6.07. The highest BCUT2D eigenvalue weighted by atomic mass is 32.2. The molecule has 1 fully saturated rings. The number of piperazine rings is 1. The number of carbonyl (C=O) groups is 2. The van der Waals surface area contributed by atoms with E-state index in [1.807, 2.05) is 36.1 Å². The minimum absolute atomic E-state index is 0.0972. The van der Waals surface area contributed by atoms with Crippen LogP contribution in [0.25, 0.3) is 11.5 Å². The summed E-state index contributed by atoms with van der Waals surface area (Å²) in [6.45, 7) is 4.90. The molecule has 2 amide bonds. The van der Waals surface area contributed by atoms with Gasteiger partial charge in [0.1, 0.15) is 5.82 Å². The smallest absolute Gasteiger partial charge is 0.277 e. The monoisotopic (exact) mass is 469 g/mol. The number of rotatable bonds is 7. The first kappa shape index (κ1) is 22.8. The van der Waals surface area contributed by atoms with Crippen molar-refractivity contribution in [2.75, 3.05) is 42.1 Å². The van der Waals surface area contributed by atoms with Crippen LogP contribution in [0.2, 0.25) is 0 Å². The predicted molar refractivity (Wildman–Crippen MR) is 125 cm³/mol. The maximum absolute atomic E-state index is 13.3. The number of nitrogens with one attached hydrogen (secondary N) is 1. The Hall–Kier alpha value is -3.40. The van der Waals surface area contributed by atoms with E-state index in [0.29, 0.717) is 17.7 Å². The standard InChI is InChI=1S/C23H24FN5O3S/c1-2-21(31)29-12-10-28(11-13-29)19-8-6-18(7-9-19)25-20(30)15-33-23-27-26-22(32-23)16-4-3-5-17(24)14-16/h3-9,14H,2,10-13,15H2,1H3,(H,25,30). The van der Waals surface area contributed by atoms with Crippen LogP contribution >= 0.6 is 11.8 Å². The van der Waals surface area contributed by atoms with Crippen LogP contribution in [0.4, 0.5) is 15.8 Å². The van der Waals surface area contributed by atoms with E-state index in [1.54, 1.807) is 12.1 Å². The normalized spacial score (nSPS) is 13.8. The molecule has 0 unspecified atom stereocenters. The number of anilines is 2. The zero-order valence-electron chi connectivity index (χ0n) is 18.2. The van der Waals surface area contributed by atoms with E-state index < -0.39 is 0 Å². The number of thioether (sulfide) groups is 1. The third-order valence-electron chi connectivity index (χ3n) is 5.26. The lowest BCUT2D eigenvalue weighted by molar-refractivity contribution is -0.131. The van der Waals surface area contributed by atoms with Gasteiger partial charge in [0, 0.05) is 49.5 Å². The maximum Gasteiger partial charge on any atom is 0.277 e. The molecule has 0 spiro atoms. The predicted octanol–water partition coefficient (Wildman–Crippen LogP) is 3.67. The molecule has 33 heavy (non-hydrogen) atoms. The number of hydrogen-bond acceptors (Lipinski definition) is 7. The molecule has 0 aliphatic carbocycles. The van der Waals surface area contributed by atoms with Crippen LogP contribution in [0.5, 0.6) is 0 Å². The van der Waals surface area contributed by atoms with E-state index in [-0.39, 0.29) is 34.5 Å². The molecule has 2 heterocycles. The van der Waals surface area contributed by atoms with Gasteiger partial charge in [-0.2, -0.15) is 0 Å². The zero-order chi connectivity index (χ0) is 23.2. The van der Waals surface area contributed by atoms with Gasteiger partial charge < -0.3 is 19.5 Å². The van der Waals surface area contributed by atoms with E-state index in [1.165, 1.54) is 12.1 Å². The second-order valence-corrected chi connectivity index (χ2v) is 8.42. The number of aromatic nitrogens is 2. The first-order valence-corrected chi connectivity index (χ1v) is 11.7. The molecular weight excluding hydrogens is 445 g/mol. The molecule has 0 atom stereocenters. The van der Waals surface area contributed by atoms with Gasteiger partial charge in [-0.05, 0) is 42.5 Å². The van der Waals surface area contributed by atoms with Gasteiger partial charge in [0.25, 0.3) is 5.22 Å². The average molecular weight is 470 g/mol. The highest BCUT2D eigenvalue weighted by Crippen LogP contribution is 2.24. The van der Waals surface area contributed by atoms with Crippen molar-refractivity contribution in [2.24, 2.45) is 0 Å². The van der Waals surface area contributed by atoms with Crippen molar-refractivity contribution < 1.29 is 18.4 Å². The molecule has 4 rings (SSSR count). The van der Waals surface area contributed by atoms with E-state index in [9.17, 15) is 14.0 Å². The largest absolute Gasteiger partial charge is 0.411 e. The number of nitrogens with zero attached hydrogens (tertiary/aromatic N) is 4. The molecule has 1 aromatic heterocycles. The fourth-order valence-electron chi connectivity index (χ4n) is 3.52. The van der Waals surface area contributed by atoms with Gasteiger partial charge >= 0.3 is 0 Å². The fourth-order valence-corrected chi connectivity index (χ4v) is 4.09. The van der Waals surface area contributed by atoms with Crippen LogP contribution in [0.1, 0.15) is 13.3 Å². The van der Waals surface area contributed by atoms with Gasteiger partial charge in [0.2, 0.25) is 17.7 Å². The van der Waals surface area contributed by atoms with Gasteiger partial charge in [0.05, 0.1) is 5.75 Å². The number of benzene rings is 2. The van der Waals surface area contributed by atoms with E-state index in [0.717, 1.165) is 43.6 Å². The number of carbonyl (C=O) groups excluding carboxylic acids is 2. The molecule has 1 aliphatic heterocycles. The maximum atomic E-state index is 13.3. The number of hydrogen-bond donors (Lipinski definition) is 1. The Bertz CT molecular complexity index is 1110. The molecule has 3 aromatic rings. The van der Waals surface area contributed by atoms with Crippen molar-refractivity contribution >= 4 is 35.0 Å². The number of amides is 2. The Labute approximate surface area is 195 Å². The van der Waals surface area contributed by atoms with Gasteiger partial charge in [-0.25, -0.2) is 4.39 Å². The average Bonchev–Trinajstić information content (AvgIpc) is 3.32. The summed E-state index contributed by atoms with van der Waals surface area (Å²) >= 11 is 1.11. The lowest BCUT2D eigenvalue weighted by Gasteiger charge is -2.36. The van der Waals surface area contributed by atoms with Crippen LogP contribution in [-0.2, 0) is 9.59 Å². The molecule has 1 N–H and O–H groups in total. The Morgan fingerprint density at radius 1 is 1.09 bits per heavy atom. The summed E-state index contributed by atoms with van der Waals surface area (Å²) in [7, 11) is 0. The Morgan fingerprint density at radius 3 is 2.55 bits per heavy atom. The minimum atomic E-state index is -0.390. The topological polar surface area (TPSA) is 91.6 Å². The Balaban J connectivity index is 1.25. The fraction of sp³-hybridized carbons (Fsp3) is 0.304. The first-order chi connectivity index (χ1) is 16.0. The molecule has 8 nitrogen and oxygen atoms in total. The molecule has 1 saturated heterocycles. The molecule has 0 bridgehead atoms. The molecule has 172 valence electrons. The van der Waals surface area contributed by atoms with Crippen molar-refractivity contribution in [1.29, 1.82) is 0 Å². The number of halogens is 1. The SMILES string of the molecule is CCC(=O)N1CCN(c2ccc(NC(=O)CSc3nnc(-c4cccc(F)c4)o3)cc2)CC1. The Kier molecular flexibility index (Phi) is 7.23. The van der Waals surface area contributed by atoms with Crippen LogP contribution in [0, 0.1) is 5.82 Å². The van der Waals surface area contributed by atoms with Gasteiger partial charge in [-0.1, -0.05) is 24.8 Å². The quantitative estimate of drug-likeness (QED) is 0.528. The van der Waals surface area contributed by atoms with E-state index in [2.05, 4.69) is 20.4 Å². The van der Waals surface area contributed by atoms with Crippen LogP contribution in [0.3, 0.4) is 0 Å². The lowest BCUT2D eigenvalue weighted by Crippen LogP contribution is -2.48. The Morgan fingerprint density at radius 2 is 1.85 bits per heavy atom. The molecular formula is C23H24FN5O3S. The van der Waals surface area contributed by atoms with Crippen molar-refractivity contribution in [3.63, 3.8) is 0 Å². The highest BCUT2D eigenvalue weighted by molar-refractivity contribution is 7.99. The highest BCUT2D eigenvalue weighted by Gasteiger charge is 2.20. The molecule has 0 radical (unpaired) electrons. The first-order valence-electron chi connectivity index (χ1n) is 10.7. The van der Waals surface area contributed by atoms with Gasteiger partial charge in [0.15, 0.2) is 0 Å². The molecule has 1 aliphatic rings. The van der Waals surface area contributed by atoms with E-state index in [4.69, 9.17) is 4.42 Å².